The van der Waals surface area contributed by atoms with E-state index in [4.69, 9.17) is 9.47 Å². The average molecular weight is 267 g/mol. The first-order chi connectivity index (χ1) is 9.17. The van der Waals surface area contributed by atoms with Gasteiger partial charge in [-0.3, -0.25) is 14.9 Å². The van der Waals surface area contributed by atoms with Gasteiger partial charge in [0.15, 0.2) is 0 Å². The van der Waals surface area contributed by atoms with Crippen LogP contribution in [-0.4, -0.2) is 36.2 Å². The van der Waals surface area contributed by atoms with Crippen LogP contribution < -0.4 is 5.32 Å². The molecule has 0 aromatic heterocycles. The van der Waals surface area contributed by atoms with Crippen molar-refractivity contribution in [3.05, 3.63) is 0 Å². The van der Waals surface area contributed by atoms with Crippen LogP contribution in [-0.2, 0) is 19.1 Å². The Labute approximate surface area is 113 Å². The molecule has 3 aliphatic rings. The molecule has 5 heteroatoms. The number of rotatable bonds is 2. The molecule has 2 aliphatic heterocycles. The van der Waals surface area contributed by atoms with E-state index in [-0.39, 0.29) is 23.9 Å². The Bertz CT molecular complexity index is 397. The van der Waals surface area contributed by atoms with Gasteiger partial charge in [0, 0.05) is 12.0 Å². The predicted molar refractivity (Wildman–Crippen MR) is 67.4 cm³/mol. The van der Waals surface area contributed by atoms with E-state index in [0.29, 0.717) is 13.0 Å². The molecule has 3 rings (SSSR count). The fourth-order valence-electron chi connectivity index (χ4n) is 4.06. The predicted octanol–water partition coefficient (Wildman–Crippen LogP) is 1.16. The van der Waals surface area contributed by atoms with Gasteiger partial charge in [0.2, 0.25) is 0 Å². The molecule has 0 amide bonds. The lowest BCUT2D eigenvalue weighted by atomic mass is 9.76. The molecular formula is C14H21NO4. The molecule has 2 heterocycles. The molecule has 0 spiro atoms. The lowest BCUT2D eigenvalue weighted by molar-refractivity contribution is -0.178. The smallest absolute Gasteiger partial charge is 0.327 e. The highest BCUT2D eigenvalue weighted by atomic mass is 16.6. The summed E-state index contributed by atoms with van der Waals surface area (Å²) in [5.74, 6) is -0.184. The van der Waals surface area contributed by atoms with Gasteiger partial charge in [-0.2, -0.15) is 0 Å². The Hall–Kier alpha value is -1.10. The molecule has 19 heavy (non-hydrogen) atoms. The van der Waals surface area contributed by atoms with Gasteiger partial charge >= 0.3 is 11.9 Å². The summed E-state index contributed by atoms with van der Waals surface area (Å²) < 4.78 is 10.9. The lowest BCUT2D eigenvalue weighted by Gasteiger charge is -2.40. The molecule has 3 fully saturated rings. The maximum Gasteiger partial charge on any atom is 0.327 e. The van der Waals surface area contributed by atoms with Gasteiger partial charge < -0.3 is 9.47 Å². The van der Waals surface area contributed by atoms with Crippen LogP contribution >= 0.6 is 0 Å². The first-order valence-corrected chi connectivity index (χ1v) is 7.32. The normalized spacial score (nSPS) is 41.1. The molecule has 1 aliphatic carbocycles. The second-order valence-electron chi connectivity index (χ2n) is 5.80. The minimum atomic E-state index is -0.650. The standard InChI is InChI=1S/C14H21NO4/c1-2-18-13(17)12-14-7-5-3-4-6-9(14)10(15-12)8-11(16)19-14/h9-10,12,15H,2-8H2,1H3/t9-,10+,12-,14-/m1/s1. The van der Waals surface area contributed by atoms with E-state index in [1.54, 1.807) is 6.92 Å². The number of hydrogen-bond donors (Lipinski definition) is 1. The second-order valence-corrected chi connectivity index (χ2v) is 5.80. The monoisotopic (exact) mass is 267 g/mol. The summed E-state index contributed by atoms with van der Waals surface area (Å²) in [7, 11) is 0. The summed E-state index contributed by atoms with van der Waals surface area (Å²) in [6, 6.07) is -0.402. The molecule has 0 radical (unpaired) electrons. The Kier molecular flexibility index (Phi) is 3.25. The third-order valence-corrected chi connectivity index (χ3v) is 4.78. The molecule has 1 N–H and O–H groups in total. The summed E-state index contributed by atoms with van der Waals surface area (Å²) in [5.41, 5.74) is -0.650. The van der Waals surface area contributed by atoms with E-state index in [2.05, 4.69) is 5.32 Å². The summed E-state index contributed by atoms with van der Waals surface area (Å²) in [4.78, 5) is 24.0. The lowest BCUT2D eigenvalue weighted by Crippen LogP contribution is -2.54. The van der Waals surface area contributed by atoms with Crippen molar-refractivity contribution in [1.82, 2.24) is 5.32 Å². The number of esters is 2. The van der Waals surface area contributed by atoms with Crippen LogP contribution in [0.1, 0.15) is 45.4 Å². The van der Waals surface area contributed by atoms with Gasteiger partial charge in [-0.05, 0) is 26.2 Å². The van der Waals surface area contributed by atoms with Crippen LogP contribution in [0.4, 0.5) is 0 Å². The van der Waals surface area contributed by atoms with E-state index in [1.807, 2.05) is 0 Å². The highest BCUT2D eigenvalue weighted by molar-refractivity contribution is 5.82. The van der Waals surface area contributed by atoms with E-state index < -0.39 is 11.6 Å². The zero-order valence-corrected chi connectivity index (χ0v) is 11.3. The van der Waals surface area contributed by atoms with Crippen molar-refractivity contribution in [3.63, 3.8) is 0 Å². The summed E-state index contributed by atoms with van der Waals surface area (Å²) in [5, 5.41) is 3.31. The summed E-state index contributed by atoms with van der Waals surface area (Å²) in [6.45, 7) is 2.16. The molecule has 4 atom stereocenters. The van der Waals surface area contributed by atoms with Gasteiger partial charge in [0.05, 0.1) is 13.0 Å². The minimum absolute atomic E-state index is 0.0776. The van der Waals surface area contributed by atoms with Crippen LogP contribution in [0.5, 0.6) is 0 Å². The molecular weight excluding hydrogens is 246 g/mol. The molecule has 0 aromatic carbocycles. The number of carbonyl (C=O) groups is 2. The van der Waals surface area contributed by atoms with Crippen molar-refractivity contribution >= 4 is 11.9 Å². The van der Waals surface area contributed by atoms with Gasteiger partial charge in [-0.25, -0.2) is 0 Å². The number of ether oxygens (including phenoxy) is 2. The summed E-state index contributed by atoms with van der Waals surface area (Å²) >= 11 is 0. The van der Waals surface area contributed by atoms with Crippen molar-refractivity contribution in [2.24, 2.45) is 5.92 Å². The van der Waals surface area contributed by atoms with Gasteiger partial charge in [0.1, 0.15) is 11.6 Å². The van der Waals surface area contributed by atoms with Gasteiger partial charge in [-0.15, -0.1) is 0 Å². The van der Waals surface area contributed by atoms with E-state index >= 15 is 0 Å². The molecule has 1 saturated carbocycles. The topological polar surface area (TPSA) is 64.6 Å². The Balaban J connectivity index is 1.93. The van der Waals surface area contributed by atoms with E-state index in [1.165, 1.54) is 0 Å². The van der Waals surface area contributed by atoms with Crippen molar-refractivity contribution in [2.45, 2.75) is 63.1 Å². The van der Waals surface area contributed by atoms with E-state index in [0.717, 1.165) is 32.1 Å². The first kappa shape index (κ1) is 12.9. The fraction of sp³-hybridized carbons (Fsp3) is 0.857. The summed E-state index contributed by atoms with van der Waals surface area (Å²) in [6.07, 6.45) is 5.49. The van der Waals surface area contributed by atoms with Crippen molar-refractivity contribution in [2.75, 3.05) is 6.61 Å². The van der Waals surface area contributed by atoms with Crippen LogP contribution in [0.15, 0.2) is 0 Å². The Morgan fingerprint density at radius 2 is 2.32 bits per heavy atom. The maximum absolute atomic E-state index is 12.2. The van der Waals surface area contributed by atoms with E-state index in [9.17, 15) is 9.59 Å². The van der Waals surface area contributed by atoms with Gasteiger partial charge in [-0.1, -0.05) is 12.8 Å². The first-order valence-electron chi connectivity index (χ1n) is 7.32. The Morgan fingerprint density at radius 3 is 3.11 bits per heavy atom. The molecule has 0 aromatic rings. The number of nitrogens with one attached hydrogen (secondary N) is 1. The second kappa shape index (κ2) is 4.78. The largest absolute Gasteiger partial charge is 0.465 e. The molecule has 0 unspecified atom stereocenters. The van der Waals surface area contributed by atoms with Crippen LogP contribution in [0.25, 0.3) is 0 Å². The van der Waals surface area contributed by atoms with Crippen molar-refractivity contribution in [3.8, 4) is 0 Å². The third kappa shape index (κ3) is 1.95. The van der Waals surface area contributed by atoms with Crippen LogP contribution in [0.3, 0.4) is 0 Å². The van der Waals surface area contributed by atoms with Crippen LogP contribution in [0.2, 0.25) is 0 Å². The molecule has 106 valence electrons. The van der Waals surface area contributed by atoms with Gasteiger partial charge in [0.25, 0.3) is 0 Å². The number of carbonyl (C=O) groups excluding carboxylic acids is 2. The number of hydrogen-bond acceptors (Lipinski definition) is 5. The zero-order chi connectivity index (χ0) is 13.5. The van der Waals surface area contributed by atoms with Crippen molar-refractivity contribution < 1.29 is 19.1 Å². The quantitative estimate of drug-likeness (QED) is 0.760. The SMILES string of the molecule is CCOC(=O)[C@H]1N[C@H]2CC(=O)O[C@@]13CCCCC[C@H]23. The molecule has 5 nitrogen and oxygen atoms in total. The van der Waals surface area contributed by atoms with Crippen LogP contribution in [0, 0.1) is 5.92 Å². The fourth-order valence-corrected chi connectivity index (χ4v) is 4.06. The minimum Gasteiger partial charge on any atom is -0.465 e. The highest BCUT2D eigenvalue weighted by Crippen LogP contribution is 2.48. The Morgan fingerprint density at radius 1 is 1.47 bits per heavy atom. The molecule has 2 saturated heterocycles. The molecule has 2 bridgehead atoms. The average Bonchev–Trinajstić information content (AvgIpc) is 2.55. The zero-order valence-electron chi connectivity index (χ0n) is 11.3. The maximum atomic E-state index is 12.2. The third-order valence-electron chi connectivity index (χ3n) is 4.78. The highest BCUT2D eigenvalue weighted by Gasteiger charge is 2.63. The van der Waals surface area contributed by atoms with Crippen molar-refractivity contribution in [1.29, 1.82) is 0 Å².